The van der Waals surface area contributed by atoms with E-state index in [1.54, 1.807) is 6.08 Å². The lowest BCUT2D eigenvalue weighted by Crippen LogP contribution is -1.62. The minimum atomic E-state index is 0. The molecule has 0 radical (unpaired) electrons. The average molecular weight is 115 g/mol. The van der Waals surface area contributed by atoms with Crippen LogP contribution in [-0.4, -0.2) is 0 Å². The van der Waals surface area contributed by atoms with Crippen molar-refractivity contribution in [2.75, 3.05) is 0 Å². The van der Waals surface area contributed by atoms with E-state index < -0.39 is 0 Å². The molecule has 0 aliphatic carbocycles. The Kier molecular flexibility index (Phi) is 18.9. The third-order valence-corrected chi connectivity index (χ3v) is 0.743. The Labute approximate surface area is 52.7 Å². The lowest BCUT2D eigenvalue weighted by atomic mass is 10.2. The van der Waals surface area contributed by atoms with Gasteiger partial charge < -0.3 is 6.15 Å². The first-order valence-corrected chi connectivity index (χ1v) is 2.11. The summed E-state index contributed by atoms with van der Waals surface area (Å²) in [5, 5.41) is 0. The van der Waals surface area contributed by atoms with Gasteiger partial charge in [-0.1, -0.05) is 39.2 Å². The maximum atomic E-state index is 3.67. The van der Waals surface area contributed by atoms with Gasteiger partial charge in [-0.15, -0.1) is 0 Å². The fourth-order valence-electron chi connectivity index (χ4n) is 0.144. The van der Waals surface area contributed by atoms with E-state index >= 15 is 0 Å². The molecule has 1 heteroatoms. The third-order valence-electron chi connectivity index (χ3n) is 0.743. The SMILES string of the molecule is C.C=CC(=C)CC.N. The van der Waals surface area contributed by atoms with Crippen LogP contribution in [0.5, 0.6) is 0 Å². The van der Waals surface area contributed by atoms with Crippen LogP contribution < -0.4 is 6.15 Å². The standard InChI is InChI=1S/C6H10.CH4.H3N/c1-4-6(3)5-2;;/h4H,1,3,5H2,2H3;1H4;1H3. The largest absolute Gasteiger partial charge is 0.344 e. The summed E-state index contributed by atoms with van der Waals surface area (Å²) in [6, 6.07) is 0. The van der Waals surface area contributed by atoms with Crippen molar-refractivity contribution >= 4 is 0 Å². The summed E-state index contributed by atoms with van der Waals surface area (Å²) < 4.78 is 0. The van der Waals surface area contributed by atoms with Gasteiger partial charge in [-0.05, 0) is 6.42 Å². The zero-order chi connectivity index (χ0) is 4.99. The number of allylic oxidation sites excluding steroid dienone is 2. The van der Waals surface area contributed by atoms with E-state index in [-0.39, 0.29) is 13.6 Å². The van der Waals surface area contributed by atoms with E-state index in [0.29, 0.717) is 0 Å². The van der Waals surface area contributed by atoms with Crippen LogP contribution in [0.1, 0.15) is 20.8 Å². The summed E-state index contributed by atoms with van der Waals surface area (Å²) >= 11 is 0. The van der Waals surface area contributed by atoms with Crippen molar-refractivity contribution < 1.29 is 0 Å². The van der Waals surface area contributed by atoms with Crippen molar-refractivity contribution in [1.29, 1.82) is 0 Å². The molecule has 0 aromatic heterocycles. The summed E-state index contributed by atoms with van der Waals surface area (Å²) in [4.78, 5) is 0. The van der Waals surface area contributed by atoms with Crippen LogP contribution in [0, 0.1) is 0 Å². The molecule has 0 saturated heterocycles. The molecular formula is C7H17N. The van der Waals surface area contributed by atoms with Crippen LogP contribution in [-0.2, 0) is 0 Å². The molecule has 0 aliphatic rings. The topological polar surface area (TPSA) is 35.0 Å². The Morgan fingerprint density at radius 3 is 2.00 bits per heavy atom. The minimum Gasteiger partial charge on any atom is -0.344 e. The number of hydrogen-bond acceptors (Lipinski definition) is 1. The fraction of sp³-hybridized carbons (Fsp3) is 0.429. The molecule has 0 unspecified atom stereocenters. The van der Waals surface area contributed by atoms with Gasteiger partial charge in [-0.2, -0.15) is 0 Å². The Hall–Kier alpha value is -0.560. The van der Waals surface area contributed by atoms with Gasteiger partial charge in [-0.3, -0.25) is 0 Å². The summed E-state index contributed by atoms with van der Waals surface area (Å²) in [7, 11) is 0. The molecule has 0 aromatic rings. The molecule has 0 bridgehead atoms. The molecule has 0 amide bonds. The summed E-state index contributed by atoms with van der Waals surface area (Å²) in [6.45, 7) is 9.27. The van der Waals surface area contributed by atoms with Crippen molar-refractivity contribution in [3.05, 3.63) is 24.8 Å². The molecule has 8 heavy (non-hydrogen) atoms. The quantitative estimate of drug-likeness (QED) is 0.552. The van der Waals surface area contributed by atoms with Crippen LogP contribution in [0.4, 0.5) is 0 Å². The number of hydrogen-bond donors (Lipinski definition) is 1. The van der Waals surface area contributed by atoms with Gasteiger partial charge in [0.15, 0.2) is 0 Å². The van der Waals surface area contributed by atoms with E-state index in [0.717, 1.165) is 12.0 Å². The van der Waals surface area contributed by atoms with Crippen LogP contribution in [0.3, 0.4) is 0 Å². The van der Waals surface area contributed by atoms with E-state index in [4.69, 9.17) is 0 Å². The van der Waals surface area contributed by atoms with Gasteiger partial charge in [0.25, 0.3) is 0 Å². The lowest BCUT2D eigenvalue weighted by molar-refractivity contribution is 1.16. The van der Waals surface area contributed by atoms with Gasteiger partial charge in [0.05, 0.1) is 0 Å². The molecule has 0 saturated carbocycles. The highest BCUT2D eigenvalue weighted by atomic mass is 14.0. The third kappa shape index (κ3) is 9.06. The summed E-state index contributed by atoms with van der Waals surface area (Å²) in [5.41, 5.74) is 1.11. The van der Waals surface area contributed by atoms with Crippen molar-refractivity contribution in [3.8, 4) is 0 Å². The monoisotopic (exact) mass is 115 g/mol. The average Bonchev–Trinajstić information content (AvgIpc) is 1.65. The molecule has 1 nitrogen and oxygen atoms in total. The predicted molar refractivity (Wildman–Crippen MR) is 41.4 cm³/mol. The second kappa shape index (κ2) is 9.67. The predicted octanol–water partition coefficient (Wildman–Crippen LogP) is 2.94. The van der Waals surface area contributed by atoms with Crippen LogP contribution >= 0.6 is 0 Å². The molecule has 50 valence electrons. The highest BCUT2D eigenvalue weighted by molar-refractivity contribution is 5.09. The van der Waals surface area contributed by atoms with Gasteiger partial charge in [-0.25, -0.2) is 0 Å². The zero-order valence-corrected chi connectivity index (χ0v) is 4.91. The second-order valence-electron chi connectivity index (χ2n) is 1.22. The molecule has 0 heterocycles. The first-order valence-electron chi connectivity index (χ1n) is 2.11. The summed E-state index contributed by atoms with van der Waals surface area (Å²) in [5.74, 6) is 0. The normalized spacial score (nSPS) is 5.62. The molecule has 0 fully saturated rings. The first-order chi connectivity index (χ1) is 2.81. The van der Waals surface area contributed by atoms with Crippen LogP contribution in [0.2, 0.25) is 0 Å². The molecular weight excluding hydrogens is 98.1 g/mol. The Morgan fingerprint density at radius 1 is 1.62 bits per heavy atom. The smallest absolute Gasteiger partial charge is 0.0314 e. The second-order valence-corrected chi connectivity index (χ2v) is 1.22. The van der Waals surface area contributed by atoms with E-state index in [1.807, 2.05) is 0 Å². The molecule has 0 spiro atoms. The highest BCUT2D eigenvalue weighted by Gasteiger charge is 1.72. The first kappa shape index (κ1) is 15.7. The van der Waals surface area contributed by atoms with E-state index in [9.17, 15) is 0 Å². The van der Waals surface area contributed by atoms with Gasteiger partial charge in [0, 0.05) is 0 Å². The Morgan fingerprint density at radius 2 is 2.00 bits per heavy atom. The van der Waals surface area contributed by atoms with Gasteiger partial charge in [0.1, 0.15) is 0 Å². The molecule has 0 rings (SSSR count). The van der Waals surface area contributed by atoms with Gasteiger partial charge in [0.2, 0.25) is 0 Å². The molecule has 0 aliphatic heterocycles. The van der Waals surface area contributed by atoms with E-state index in [1.165, 1.54) is 0 Å². The van der Waals surface area contributed by atoms with Crippen molar-refractivity contribution in [2.24, 2.45) is 0 Å². The van der Waals surface area contributed by atoms with Crippen molar-refractivity contribution in [2.45, 2.75) is 20.8 Å². The van der Waals surface area contributed by atoms with Crippen molar-refractivity contribution in [1.82, 2.24) is 6.15 Å². The zero-order valence-electron chi connectivity index (χ0n) is 4.91. The highest BCUT2D eigenvalue weighted by Crippen LogP contribution is 1.93. The fourth-order valence-corrected chi connectivity index (χ4v) is 0.144. The van der Waals surface area contributed by atoms with Gasteiger partial charge >= 0.3 is 0 Å². The molecule has 0 atom stereocenters. The Balaban J connectivity index is -0.000000125. The van der Waals surface area contributed by atoms with Crippen LogP contribution in [0.25, 0.3) is 0 Å². The van der Waals surface area contributed by atoms with E-state index in [2.05, 4.69) is 20.1 Å². The maximum absolute atomic E-state index is 3.67. The molecule has 0 aromatic carbocycles. The summed E-state index contributed by atoms with van der Waals surface area (Å²) in [6.07, 6.45) is 2.80. The molecule has 3 N–H and O–H groups in total. The van der Waals surface area contributed by atoms with Crippen molar-refractivity contribution in [3.63, 3.8) is 0 Å². The minimum absolute atomic E-state index is 0. The lowest BCUT2D eigenvalue weighted by Gasteiger charge is -1.83. The number of rotatable bonds is 2. The maximum Gasteiger partial charge on any atom is -0.0314 e. The Bertz CT molecular complexity index is 64.8. The van der Waals surface area contributed by atoms with Crippen LogP contribution in [0.15, 0.2) is 24.8 Å².